The molecule has 114 valence electrons. The summed E-state index contributed by atoms with van der Waals surface area (Å²) >= 11 is 0. The number of carboxylic acids is 2. The second-order valence-corrected chi connectivity index (χ2v) is 4.86. The summed E-state index contributed by atoms with van der Waals surface area (Å²) in [6, 6.07) is 6.08. The molecule has 1 aliphatic rings. The van der Waals surface area contributed by atoms with Crippen molar-refractivity contribution < 1.29 is 58.8 Å². The van der Waals surface area contributed by atoms with E-state index >= 15 is 0 Å². The Labute approximate surface area is 156 Å². The third kappa shape index (κ3) is 2.35. The third-order valence-corrected chi connectivity index (χ3v) is 3.54. The van der Waals surface area contributed by atoms with Crippen molar-refractivity contribution in [3.8, 4) is 11.5 Å². The summed E-state index contributed by atoms with van der Waals surface area (Å²) in [6.45, 7) is -0.0914. The minimum Gasteiger partial charge on any atom is -0.478 e. The standard InChI is InChI=1S/C15H8N2O6.Na/c18-14(19)6-2-1-3-7-11(6)17-12-8(16-7)4-9-13(23-5-22-9)10(12)15(20)21;/h1-4H,5H2,(H,18,19)(H,20,21);/q;+1. The molecule has 1 aliphatic heterocycles. The van der Waals surface area contributed by atoms with E-state index in [1.807, 2.05) is 0 Å². The number of ether oxygens (including phenoxy) is 2. The molecular formula is C15H8N2NaO6+. The van der Waals surface area contributed by atoms with Crippen LogP contribution in [0.2, 0.25) is 0 Å². The van der Waals surface area contributed by atoms with E-state index < -0.39 is 11.9 Å². The number of fused-ring (bicyclic) bond motifs is 3. The van der Waals surface area contributed by atoms with Crippen LogP contribution in [0.3, 0.4) is 0 Å². The van der Waals surface area contributed by atoms with Crippen molar-refractivity contribution in [1.82, 2.24) is 9.97 Å². The summed E-state index contributed by atoms with van der Waals surface area (Å²) in [6.07, 6.45) is 0. The van der Waals surface area contributed by atoms with Gasteiger partial charge >= 0.3 is 41.5 Å². The Morgan fingerprint density at radius 3 is 2.50 bits per heavy atom. The second-order valence-electron chi connectivity index (χ2n) is 4.86. The van der Waals surface area contributed by atoms with Gasteiger partial charge in [0.05, 0.1) is 16.6 Å². The molecule has 0 atom stereocenters. The van der Waals surface area contributed by atoms with Gasteiger partial charge in [0.25, 0.3) is 0 Å². The second kappa shape index (κ2) is 5.90. The predicted octanol–water partition coefficient (Wildman–Crippen LogP) is -1.09. The molecule has 0 saturated heterocycles. The smallest absolute Gasteiger partial charge is 0.478 e. The zero-order valence-electron chi connectivity index (χ0n) is 12.4. The first-order chi connectivity index (χ1) is 11.1. The molecule has 0 aliphatic carbocycles. The third-order valence-electron chi connectivity index (χ3n) is 3.54. The molecule has 3 aromatic rings. The van der Waals surface area contributed by atoms with E-state index in [4.69, 9.17) is 9.47 Å². The van der Waals surface area contributed by atoms with Crippen LogP contribution < -0.4 is 39.0 Å². The van der Waals surface area contributed by atoms with E-state index in [2.05, 4.69) is 9.97 Å². The number of aromatic nitrogens is 2. The fraction of sp³-hybridized carbons (Fsp3) is 0.0667. The van der Waals surface area contributed by atoms with Crippen molar-refractivity contribution in [2.24, 2.45) is 0 Å². The zero-order valence-corrected chi connectivity index (χ0v) is 14.4. The molecule has 0 fully saturated rings. The van der Waals surface area contributed by atoms with Crippen molar-refractivity contribution in [1.29, 1.82) is 0 Å². The molecule has 0 spiro atoms. The van der Waals surface area contributed by atoms with E-state index in [-0.39, 0.29) is 70.0 Å². The van der Waals surface area contributed by atoms with Gasteiger partial charge in [0.15, 0.2) is 11.5 Å². The number of hydrogen-bond donors (Lipinski definition) is 2. The number of para-hydroxylation sites is 1. The Hall–Kier alpha value is -2.42. The SMILES string of the molecule is O=C(O)c1cccc2nc3cc4c(c(C(=O)O)c3nc12)OCO4.[Na+]. The van der Waals surface area contributed by atoms with Crippen molar-refractivity contribution in [2.75, 3.05) is 6.79 Å². The van der Waals surface area contributed by atoms with Gasteiger partial charge in [-0.15, -0.1) is 0 Å². The predicted molar refractivity (Wildman–Crippen MR) is 77.1 cm³/mol. The van der Waals surface area contributed by atoms with Crippen molar-refractivity contribution in [3.05, 3.63) is 35.4 Å². The molecule has 0 radical (unpaired) electrons. The molecule has 2 heterocycles. The van der Waals surface area contributed by atoms with Crippen molar-refractivity contribution >= 4 is 34.0 Å². The van der Waals surface area contributed by atoms with E-state index in [0.717, 1.165) is 0 Å². The molecular weight excluding hydrogens is 327 g/mol. The maximum absolute atomic E-state index is 11.6. The molecule has 9 heteroatoms. The summed E-state index contributed by atoms with van der Waals surface area (Å²) < 4.78 is 10.4. The molecule has 1 aromatic heterocycles. The number of carbonyl (C=O) groups is 2. The maximum atomic E-state index is 11.6. The minimum atomic E-state index is -1.25. The van der Waals surface area contributed by atoms with Gasteiger partial charge in [-0.25, -0.2) is 19.6 Å². The molecule has 0 unspecified atom stereocenters. The molecule has 0 saturated carbocycles. The average Bonchev–Trinajstić information content (AvgIpc) is 2.96. The molecule has 0 amide bonds. The van der Waals surface area contributed by atoms with E-state index in [0.29, 0.717) is 11.0 Å². The Kier molecular flexibility index (Phi) is 4.04. The fourth-order valence-corrected chi connectivity index (χ4v) is 2.57. The quantitative estimate of drug-likeness (QED) is 0.448. The summed E-state index contributed by atoms with van der Waals surface area (Å²) in [5.41, 5.74) is 0.585. The Bertz CT molecular complexity index is 1020. The van der Waals surface area contributed by atoms with Crippen LogP contribution in [0.25, 0.3) is 22.1 Å². The van der Waals surface area contributed by atoms with Gasteiger partial charge in [-0.2, -0.15) is 0 Å². The summed E-state index contributed by atoms with van der Waals surface area (Å²) in [5, 5.41) is 18.7. The van der Waals surface area contributed by atoms with Crippen LogP contribution in [-0.4, -0.2) is 38.9 Å². The maximum Gasteiger partial charge on any atom is 1.00 e. The zero-order chi connectivity index (χ0) is 16.1. The molecule has 8 nitrogen and oxygen atoms in total. The number of aromatic carboxylic acids is 2. The van der Waals surface area contributed by atoms with Crippen molar-refractivity contribution in [3.63, 3.8) is 0 Å². The largest absolute Gasteiger partial charge is 1.00 e. The summed E-state index contributed by atoms with van der Waals surface area (Å²) in [4.78, 5) is 31.5. The Morgan fingerprint density at radius 1 is 1.00 bits per heavy atom. The van der Waals surface area contributed by atoms with Gasteiger partial charge in [0, 0.05) is 6.07 Å². The number of hydrogen-bond acceptors (Lipinski definition) is 6. The van der Waals surface area contributed by atoms with E-state index in [9.17, 15) is 19.8 Å². The van der Waals surface area contributed by atoms with Crippen LogP contribution in [0.1, 0.15) is 20.7 Å². The molecule has 0 bridgehead atoms. The molecule has 2 aromatic carbocycles. The van der Waals surface area contributed by atoms with Crippen LogP contribution in [0, 0.1) is 0 Å². The number of carboxylic acid groups (broad SMARTS) is 2. The van der Waals surface area contributed by atoms with Gasteiger partial charge in [-0.1, -0.05) is 6.07 Å². The van der Waals surface area contributed by atoms with Crippen LogP contribution in [0.5, 0.6) is 11.5 Å². The molecule has 4 rings (SSSR count). The summed E-state index contributed by atoms with van der Waals surface area (Å²) in [7, 11) is 0. The Morgan fingerprint density at radius 2 is 1.79 bits per heavy atom. The van der Waals surface area contributed by atoms with Crippen LogP contribution >= 0.6 is 0 Å². The van der Waals surface area contributed by atoms with E-state index in [1.54, 1.807) is 12.1 Å². The topological polar surface area (TPSA) is 119 Å². The van der Waals surface area contributed by atoms with Gasteiger partial charge in [0.2, 0.25) is 6.79 Å². The Balaban J connectivity index is 0.00000169. The molecule has 24 heavy (non-hydrogen) atoms. The number of rotatable bonds is 2. The summed E-state index contributed by atoms with van der Waals surface area (Å²) in [5.74, 6) is -2.06. The minimum absolute atomic E-state index is 0. The van der Waals surface area contributed by atoms with Gasteiger partial charge in [-0.05, 0) is 12.1 Å². The number of nitrogens with zero attached hydrogens (tertiary/aromatic N) is 2. The number of benzene rings is 2. The monoisotopic (exact) mass is 335 g/mol. The van der Waals surface area contributed by atoms with Crippen molar-refractivity contribution in [2.45, 2.75) is 0 Å². The first-order valence-corrected chi connectivity index (χ1v) is 6.56. The first-order valence-electron chi connectivity index (χ1n) is 6.56. The normalized spacial score (nSPS) is 12.2. The van der Waals surface area contributed by atoms with Crippen LogP contribution in [0.15, 0.2) is 24.3 Å². The first kappa shape index (κ1) is 16.4. The van der Waals surface area contributed by atoms with Gasteiger partial charge < -0.3 is 19.7 Å². The van der Waals surface area contributed by atoms with Crippen LogP contribution in [0.4, 0.5) is 0 Å². The molecule has 2 N–H and O–H groups in total. The van der Waals surface area contributed by atoms with Gasteiger partial charge in [-0.3, -0.25) is 0 Å². The van der Waals surface area contributed by atoms with Gasteiger partial charge in [0.1, 0.15) is 16.6 Å². The van der Waals surface area contributed by atoms with E-state index in [1.165, 1.54) is 12.1 Å². The average molecular weight is 335 g/mol. The fourth-order valence-electron chi connectivity index (χ4n) is 2.57. The van der Waals surface area contributed by atoms with Crippen LogP contribution in [-0.2, 0) is 0 Å².